The SMILES string of the molecule is CC/C=C\C/C=C\C/C=C\C/C=C\C/C=C\C/C=C\C/C=C\C/C=C\C/C=C\C/C=C\C/C=C\C/C=C\CCCCCCC(=O)OC(COC(=O)CCCCCCCCCCCCCCCCCCCCCCC/C=C\C/C=C\CCCCCCC)COC(OCC[N+](C)(C)C)C(=O)O. The van der Waals surface area contributed by atoms with Gasteiger partial charge >= 0.3 is 17.9 Å². The standard InChI is InChI=1S/C90H149NO8/c1-6-8-10-12-14-16-18-20-22-24-26-28-30-32-34-36-38-40-41-42-43-44-45-46-47-49-51-53-55-57-59-61-63-65-67-69-71-73-75-77-79-81-88(93)99-86(85-98-90(89(94)95)96-83-82-91(3,4)5)84-97-87(92)80-78-76-74-72-70-68-66-64-62-60-58-56-54-52-50-48-39-37-35-33-31-29-27-25-23-21-19-17-15-13-11-9-7-2/h8,10,14,16,19-22,25-28,32,34,38,40,42-43,45-46,49,51,55,57,61,63,67,69,86,90H,6-7,9,11-13,15,17-18,23-24,29-31,33,35-37,39,41,44,47-48,50,52-54,56,58-60,62,64-66,68,70-85H2,1-5H3/p+1/b10-8-,16-14-,21-19-,22-20-,27-25-,28-26-,34-32-,40-38-,43-42-,46-45-,51-49-,57-55-,63-61-,69-67-. The van der Waals surface area contributed by atoms with Gasteiger partial charge in [0, 0.05) is 12.8 Å². The van der Waals surface area contributed by atoms with Crippen molar-refractivity contribution in [2.45, 2.75) is 334 Å². The first-order valence-electron chi connectivity index (χ1n) is 40.3. The molecule has 0 saturated carbocycles. The number of carbonyl (C=O) groups is 3. The second-order valence-corrected chi connectivity index (χ2v) is 27.6. The zero-order valence-corrected chi connectivity index (χ0v) is 64.3. The number of carbonyl (C=O) groups excluding carboxylic acids is 2. The van der Waals surface area contributed by atoms with Crippen molar-refractivity contribution in [2.24, 2.45) is 0 Å². The average Bonchev–Trinajstić information content (AvgIpc) is 2.62. The lowest BCUT2D eigenvalue weighted by atomic mass is 10.0. The van der Waals surface area contributed by atoms with Gasteiger partial charge in [-0.3, -0.25) is 9.59 Å². The Morgan fingerprint density at radius 3 is 0.859 bits per heavy atom. The van der Waals surface area contributed by atoms with Crippen molar-refractivity contribution in [2.75, 3.05) is 47.5 Å². The summed E-state index contributed by atoms with van der Waals surface area (Å²) >= 11 is 0. The highest BCUT2D eigenvalue weighted by molar-refractivity contribution is 5.71. The minimum absolute atomic E-state index is 0.175. The predicted octanol–water partition coefficient (Wildman–Crippen LogP) is 26.1. The topological polar surface area (TPSA) is 108 Å². The zero-order chi connectivity index (χ0) is 71.8. The maximum Gasteiger partial charge on any atom is 0.361 e. The van der Waals surface area contributed by atoms with Gasteiger partial charge in [0.1, 0.15) is 13.2 Å². The van der Waals surface area contributed by atoms with E-state index in [0.29, 0.717) is 23.9 Å². The fourth-order valence-electron chi connectivity index (χ4n) is 10.9. The molecule has 0 aliphatic carbocycles. The number of unbranched alkanes of at least 4 members (excludes halogenated alkanes) is 30. The summed E-state index contributed by atoms with van der Waals surface area (Å²) in [6.45, 7) is 4.73. The Morgan fingerprint density at radius 2 is 0.576 bits per heavy atom. The van der Waals surface area contributed by atoms with Gasteiger partial charge in [0.05, 0.1) is 34.4 Å². The number of aliphatic carboxylic acids is 1. The van der Waals surface area contributed by atoms with E-state index in [1.807, 2.05) is 21.1 Å². The number of esters is 2. The van der Waals surface area contributed by atoms with E-state index in [1.54, 1.807) is 0 Å². The molecular formula is C90H150NO8+. The highest BCUT2D eigenvalue weighted by atomic mass is 16.7. The monoisotopic (exact) mass is 1370 g/mol. The molecule has 9 heteroatoms. The van der Waals surface area contributed by atoms with Gasteiger partial charge in [0.25, 0.3) is 6.29 Å². The van der Waals surface area contributed by atoms with E-state index in [0.717, 1.165) is 128 Å². The van der Waals surface area contributed by atoms with Crippen molar-refractivity contribution in [1.29, 1.82) is 0 Å². The van der Waals surface area contributed by atoms with Gasteiger partial charge in [0.2, 0.25) is 0 Å². The van der Waals surface area contributed by atoms with E-state index in [1.165, 1.54) is 161 Å². The second kappa shape index (κ2) is 78.4. The van der Waals surface area contributed by atoms with E-state index in [9.17, 15) is 19.5 Å². The Morgan fingerprint density at radius 1 is 0.313 bits per heavy atom. The molecule has 9 nitrogen and oxygen atoms in total. The van der Waals surface area contributed by atoms with Gasteiger partial charge in [-0.1, -0.05) is 344 Å². The van der Waals surface area contributed by atoms with Crippen molar-refractivity contribution in [3.05, 3.63) is 170 Å². The van der Waals surface area contributed by atoms with E-state index in [-0.39, 0.29) is 32.2 Å². The predicted molar refractivity (Wildman–Crippen MR) is 428 cm³/mol. The number of ether oxygens (including phenoxy) is 4. The first-order chi connectivity index (χ1) is 48.6. The normalized spacial score (nSPS) is 13.6. The van der Waals surface area contributed by atoms with E-state index >= 15 is 0 Å². The molecule has 0 aliphatic heterocycles. The largest absolute Gasteiger partial charge is 0.477 e. The van der Waals surface area contributed by atoms with Crippen LogP contribution >= 0.6 is 0 Å². The van der Waals surface area contributed by atoms with Crippen LogP contribution in [0.5, 0.6) is 0 Å². The molecule has 1 N–H and O–H groups in total. The highest BCUT2D eigenvalue weighted by Gasteiger charge is 2.25. The molecule has 0 spiro atoms. The van der Waals surface area contributed by atoms with Crippen LogP contribution < -0.4 is 0 Å². The number of hydrogen-bond donors (Lipinski definition) is 1. The maximum atomic E-state index is 13.0. The van der Waals surface area contributed by atoms with Crippen LogP contribution in [-0.4, -0.2) is 87.4 Å². The minimum Gasteiger partial charge on any atom is -0.477 e. The quantitative estimate of drug-likeness (QED) is 0.0211. The molecule has 99 heavy (non-hydrogen) atoms. The molecule has 0 bridgehead atoms. The third kappa shape index (κ3) is 79.8. The number of rotatable bonds is 73. The third-order valence-corrected chi connectivity index (χ3v) is 17.0. The summed E-state index contributed by atoms with van der Waals surface area (Å²) in [4.78, 5) is 37.7. The molecule has 0 aromatic rings. The smallest absolute Gasteiger partial charge is 0.361 e. The Hall–Kier alpha value is -5.35. The Labute approximate surface area is 609 Å². The molecule has 0 aromatic heterocycles. The summed E-state index contributed by atoms with van der Waals surface area (Å²) < 4.78 is 23.0. The number of hydrogen-bond acceptors (Lipinski definition) is 7. The van der Waals surface area contributed by atoms with Gasteiger partial charge < -0.3 is 28.5 Å². The third-order valence-electron chi connectivity index (χ3n) is 17.0. The van der Waals surface area contributed by atoms with Crippen molar-refractivity contribution in [1.82, 2.24) is 0 Å². The van der Waals surface area contributed by atoms with Crippen molar-refractivity contribution in [3.63, 3.8) is 0 Å². The molecule has 2 unspecified atom stereocenters. The highest BCUT2D eigenvalue weighted by Crippen LogP contribution is 2.17. The summed E-state index contributed by atoms with van der Waals surface area (Å²) in [7, 11) is 5.97. The summed E-state index contributed by atoms with van der Waals surface area (Å²) in [6.07, 6.45) is 115. The summed E-state index contributed by atoms with van der Waals surface area (Å²) in [5.74, 6) is -2.04. The van der Waals surface area contributed by atoms with Crippen LogP contribution in [0, 0.1) is 0 Å². The van der Waals surface area contributed by atoms with Crippen LogP contribution in [0.1, 0.15) is 322 Å². The number of carboxylic acids is 1. The van der Waals surface area contributed by atoms with Crippen molar-refractivity contribution >= 4 is 17.9 Å². The molecular weight excluding hydrogens is 1220 g/mol. The fraction of sp³-hybridized carbons (Fsp3) is 0.656. The van der Waals surface area contributed by atoms with Crippen LogP contribution in [0.25, 0.3) is 0 Å². The van der Waals surface area contributed by atoms with E-state index in [4.69, 9.17) is 18.9 Å². The second-order valence-electron chi connectivity index (χ2n) is 27.6. The molecule has 0 aliphatic rings. The lowest BCUT2D eigenvalue weighted by molar-refractivity contribution is -0.870. The van der Waals surface area contributed by atoms with Gasteiger partial charge in [0.15, 0.2) is 6.10 Å². The average molecular weight is 1370 g/mol. The van der Waals surface area contributed by atoms with E-state index in [2.05, 4.69) is 184 Å². The van der Waals surface area contributed by atoms with Gasteiger partial charge in [-0.25, -0.2) is 4.79 Å². The maximum absolute atomic E-state index is 13.0. The summed E-state index contributed by atoms with van der Waals surface area (Å²) in [6, 6.07) is 0. The fourth-order valence-corrected chi connectivity index (χ4v) is 10.9. The summed E-state index contributed by atoms with van der Waals surface area (Å²) in [5.41, 5.74) is 0. The van der Waals surface area contributed by atoms with Gasteiger partial charge in [-0.15, -0.1) is 0 Å². The molecule has 0 saturated heterocycles. The first-order valence-corrected chi connectivity index (χ1v) is 40.3. The minimum atomic E-state index is -1.53. The zero-order valence-electron chi connectivity index (χ0n) is 64.3. The molecule has 0 radical (unpaired) electrons. The Kier molecular flexibility index (Phi) is 74.1. The van der Waals surface area contributed by atoms with Crippen molar-refractivity contribution < 1.29 is 42.9 Å². The molecule has 562 valence electrons. The first kappa shape index (κ1) is 93.6. The van der Waals surface area contributed by atoms with Crippen molar-refractivity contribution in [3.8, 4) is 0 Å². The van der Waals surface area contributed by atoms with Crippen LogP contribution in [-0.2, 0) is 33.3 Å². The van der Waals surface area contributed by atoms with Gasteiger partial charge in [-0.2, -0.15) is 0 Å². The lowest BCUT2D eigenvalue weighted by Gasteiger charge is -2.25. The number of quaternary nitrogens is 1. The molecule has 0 heterocycles. The van der Waals surface area contributed by atoms with E-state index < -0.39 is 24.3 Å². The molecule has 0 aromatic carbocycles. The van der Waals surface area contributed by atoms with Crippen LogP contribution in [0.2, 0.25) is 0 Å². The van der Waals surface area contributed by atoms with Crippen LogP contribution in [0.4, 0.5) is 0 Å². The number of likely N-dealkylation sites (N-methyl/N-ethyl adjacent to an activating group) is 1. The number of allylic oxidation sites excluding steroid dienone is 28. The van der Waals surface area contributed by atoms with Crippen LogP contribution in [0.15, 0.2) is 170 Å². The van der Waals surface area contributed by atoms with Crippen LogP contribution in [0.3, 0.4) is 0 Å². The Bertz CT molecular complexity index is 2240. The lowest BCUT2D eigenvalue weighted by Crippen LogP contribution is -2.40. The molecule has 0 amide bonds. The summed E-state index contributed by atoms with van der Waals surface area (Å²) in [5, 5.41) is 9.77. The Balaban J connectivity index is 4.15. The number of carboxylic acid groups (broad SMARTS) is 1. The molecule has 2 atom stereocenters. The van der Waals surface area contributed by atoms with Gasteiger partial charge in [-0.05, 0) is 135 Å². The number of nitrogens with zero attached hydrogens (tertiary/aromatic N) is 1. The molecule has 0 fully saturated rings. The molecule has 0 rings (SSSR count).